The van der Waals surface area contributed by atoms with Crippen molar-refractivity contribution in [2.24, 2.45) is 5.73 Å². The molecule has 2 rings (SSSR count). The summed E-state index contributed by atoms with van der Waals surface area (Å²) in [6, 6.07) is 14.5. The van der Waals surface area contributed by atoms with E-state index in [0.29, 0.717) is 11.4 Å². The van der Waals surface area contributed by atoms with Crippen molar-refractivity contribution in [3.8, 4) is 0 Å². The standard InChI is InChI=1S/C17H18FN3O2/c1-20(15-9-5-6-13(18)10-15)17(23)12-21(16(22)11-19)14-7-3-2-4-8-14/h2-10H,11-12,19H2,1H3. The molecule has 0 aliphatic heterocycles. The summed E-state index contributed by atoms with van der Waals surface area (Å²) in [5, 5.41) is 0. The van der Waals surface area contributed by atoms with Crippen LogP contribution in [0.25, 0.3) is 0 Å². The smallest absolute Gasteiger partial charge is 0.246 e. The second-order valence-corrected chi connectivity index (χ2v) is 4.95. The molecule has 0 aromatic heterocycles. The molecule has 0 aliphatic rings. The normalized spacial score (nSPS) is 10.2. The molecule has 0 atom stereocenters. The predicted molar refractivity (Wildman–Crippen MR) is 87.7 cm³/mol. The van der Waals surface area contributed by atoms with Crippen molar-refractivity contribution in [3.63, 3.8) is 0 Å². The topological polar surface area (TPSA) is 66.6 Å². The van der Waals surface area contributed by atoms with Gasteiger partial charge in [0.05, 0.1) is 6.54 Å². The van der Waals surface area contributed by atoms with Gasteiger partial charge in [-0.15, -0.1) is 0 Å². The van der Waals surface area contributed by atoms with Gasteiger partial charge >= 0.3 is 0 Å². The first-order valence-corrected chi connectivity index (χ1v) is 7.10. The van der Waals surface area contributed by atoms with Gasteiger partial charge in [0.2, 0.25) is 11.8 Å². The molecule has 0 heterocycles. The maximum Gasteiger partial charge on any atom is 0.246 e. The summed E-state index contributed by atoms with van der Waals surface area (Å²) in [6.45, 7) is -0.376. The second-order valence-electron chi connectivity index (χ2n) is 4.95. The zero-order chi connectivity index (χ0) is 16.8. The maximum absolute atomic E-state index is 13.3. The van der Waals surface area contributed by atoms with E-state index in [1.165, 1.54) is 35.0 Å². The number of amides is 2. The first-order chi connectivity index (χ1) is 11.0. The van der Waals surface area contributed by atoms with Crippen LogP contribution in [0.1, 0.15) is 0 Å². The number of benzene rings is 2. The number of carbonyl (C=O) groups is 2. The van der Waals surface area contributed by atoms with Gasteiger partial charge in [-0.1, -0.05) is 24.3 Å². The third kappa shape index (κ3) is 4.14. The van der Waals surface area contributed by atoms with E-state index in [1.807, 2.05) is 6.07 Å². The van der Waals surface area contributed by atoms with Gasteiger partial charge in [-0.25, -0.2) is 4.39 Å². The number of nitrogens with two attached hydrogens (primary N) is 1. The number of likely N-dealkylation sites (N-methyl/N-ethyl adjacent to an activating group) is 1. The van der Waals surface area contributed by atoms with Crippen LogP contribution in [-0.4, -0.2) is 32.0 Å². The van der Waals surface area contributed by atoms with Crippen molar-refractivity contribution in [1.29, 1.82) is 0 Å². The van der Waals surface area contributed by atoms with Gasteiger partial charge in [0.15, 0.2) is 0 Å². The van der Waals surface area contributed by atoms with Crippen LogP contribution in [0.15, 0.2) is 54.6 Å². The Balaban J connectivity index is 2.19. The van der Waals surface area contributed by atoms with Crippen molar-refractivity contribution < 1.29 is 14.0 Å². The van der Waals surface area contributed by atoms with Crippen LogP contribution in [0.2, 0.25) is 0 Å². The van der Waals surface area contributed by atoms with Crippen LogP contribution in [0.3, 0.4) is 0 Å². The number of halogens is 1. The number of hydrogen-bond donors (Lipinski definition) is 1. The van der Waals surface area contributed by atoms with Gasteiger partial charge in [-0.2, -0.15) is 0 Å². The fraction of sp³-hybridized carbons (Fsp3) is 0.176. The largest absolute Gasteiger partial charge is 0.322 e. The summed E-state index contributed by atoms with van der Waals surface area (Å²) < 4.78 is 13.3. The van der Waals surface area contributed by atoms with Gasteiger partial charge in [0.1, 0.15) is 12.4 Å². The van der Waals surface area contributed by atoms with Crippen LogP contribution in [-0.2, 0) is 9.59 Å². The van der Waals surface area contributed by atoms with Gasteiger partial charge < -0.3 is 15.5 Å². The Hall–Kier alpha value is -2.73. The quantitative estimate of drug-likeness (QED) is 0.914. The summed E-state index contributed by atoms with van der Waals surface area (Å²) in [7, 11) is 1.53. The van der Waals surface area contributed by atoms with Crippen molar-refractivity contribution >= 4 is 23.2 Å². The van der Waals surface area contributed by atoms with Crippen LogP contribution in [0.5, 0.6) is 0 Å². The molecule has 2 aromatic carbocycles. The molecular weight excluding hydrogens is 297 g/mol. The van der Waals surface area contributed by atoms with E-state index in [9.17, 15) is 14.0 Å². The third-order valence-electron chi connectivity index (χ3n) is 3.41. The summed E-state index contributed by atoms with van der Waals surface area (Å²) in [4.78, 5) is 27.1. The summed E-state index contributed by atoms with van der Waals surface area (Å²) >= 11 is 0. The summed E-state index contributed by atoms with van der Waals surface area (Å²) in [5.74, 6) is -1.14. The minimum Gasteiger partial charge on any atom is -0.322 e. The summed E-state index contributed by atoms with van der Waals surface area (Å²) in [6.07, 6.45) is 0. The van der Waals surface area contributed by atoms with E-state index in [0.717, 1.165) is 0 Å². The van der Waals surface area contributed by atoms with Crippen molar-refractivity contribution in [1.82, 2.24) is 0 Å². The van der Waals surface area contributed by atoms with Gasteiger partial charge in [-0.3, -0.25) is 9.59 Å². The van der Waals surface area contributed by atoms with Crippen LogP contribution in [0, 0.1) is 5.82 Å². The number of para-hydroxylation sites is 1. The van der Waals surface area contributed by atoms with E-state index in [1.54, 1.807) is 30.3 Å². The molecule has 2 N–H and O–H groups in total. The first kappa shape index (κ1) is 16.6. The fourth-order valence-electron chi connectivity index (χ4n) is 2.11. The molecule has 23 heavy (non-hydrogen) atoms. The second kappa shape index (κ2) is 7.51. The lowest BCUT2D eigenvalue weighted by Gasteiger charge is -2.25. The third-order valence-corrected chi connectivity index (χ3v) is 3.41. The van der Waals surface area contributed by atoms with E-state index in [2.05, 4.69) is 0 Å². The average Bonchev–Trinajstić information content (AvgIpc) is 2.58. The van der Waals surface area contributed by atoms with Gasteiger partial charge in [0.25, 0.3) is 0 Å². The van der Waals surface area contributed by atoms with E-state index in [-0.39, 0.29) is 24.9 Å². The van der Waals surface area contributed by atoms with E-state index >= 15 is 0 Å². The lowest BCUT2D eigenvalue weighted by atomic mass is 10.2. The zero-order valence-corrected chi connectivity index (χ0v) is 12.8. The molecule has 2 amide bonds. The zero-order valence-electron chi connectivity index (χ0n) is 12.8. The Labute approximate surface area is 134 Å². The Kier molecular flexibility index (Phi) is 5.43. The highest BCUT2D eigenvalue weighted by atomic mass is 19.1. The number of rotatable bonds is 5. The summed E-state index contributed by atoms with van der Waals surface area (Å²) in [5.41, 5.74) is 6.43. The number of anilines is 2. The van der Waals surface area contributed by atoms with Crippen molar-refractivity contribution in [2.45, 2.75) is 0 Å². The Morgan fingerprint density at radius 3 is 2.26 bits per heavy atom. The lowest BCUT2D eigenvalue weighted by Crippen LogP contribution is -2.44. The molecule has 5 nitrogen and oxygen atoms in total. The lowest BCUT2D eigenvalue weighted by molar-refractivity contribution is -0.121. The molecule has 2 aromatic rings. The monoisotopic (exact) mass is 315 g/mol. The molecule has 120 valence electrons. The average molecular weight is 315 g/mol. The minimum absolute atomic E-state index is 0.174. The highest BCUT2D eigenvalue weighted by Gasteiger charge is 2.20. The van der Waals surface area contributed by atoms with E-state index < -0.39 is 5.82 Å². The molecule has 0 unspecified atom stereocenters. The number of hydrogen-bond acceptors (Lipinski definition) is 3. The molecule has 0 spiro atoms. The van der Waals surface area contributed by atoms with Crippen molar-refractivity contribution in [2.75, 3.05) is 29.9 Å². The Morgan fingerprint density at radius 2 is 1.65 bits per heavy atom. The highest BCUT2D eigenvalue weighted by molar-refractivity contribution is 6.03. The SMILES string of the molecule is CN(C(=O)CN(C(=O)CN)c1ccccc1)c1cccc(F)c1. The minimum atomic E-state index is -0.430. The Morgan fingerprint density at radius 1 is 1.00 bits per heavy atom. The molecule has 0 radical (unpaired) electrons. The van der Waals surface area contributed by atoms with Gasteiger partial charge in [-0.05, 0) is 30.3 Å². The van der Waals surface area contributed by atoms with E-state index in [4.69, 9.17) is 5.73 Å². The fourth-order valence-corrected chi connectivity index (χ4v) is 2.11. The molecule has 6 heteroatoms. The predicted octanol–water partition coefficient (Wildman–Crippen LogP) is 1.78. The number of nitrogens with zero attached hydrogens (tertiary/aromatic N) is 2. The van der Waals surface area contributed by atoms with Crippen LogP contribution in [0.4, 0.5) is 15.8 Å². The Bertz CT molecular complexity index is 691. The molecule has 0 bridgehead atoms. The molecule has 0 aliphatic carbocycles. The molecule has 0 saturated heterocycles. The molecular formula is C17H18FN3O2. The number of carbonyl (C=O) groups excluding carboxylic acids is 2. The van der Waals surface area contributed by atoms with Crippen molar-refractivity contribution in [3.05, 3.63) is 60.4 Å². The molecule has 0 fully saturated rings. The highest BCUT2D eigenvalue weighted by Crippen LogP contribution is 2.17. The molecule has 0 saturated carbocycles. The maximum atomic E-state index is 13.3. The van der Waals surface area contributed by atoms with Gasteiger partial charge in [0, 0.05) is 18.4 Å². The first-order valence-electron chi connectivity index (χ1n) is 7.10. The van der Waals surface area contributed by atoms with Crippen LogP contribution < -0.4 is 15.5 Å². The van der Waals surface area contributed by atoms with Crippen LogP contribution >= 0.6 is 0 Å².